The fourth-order valence-corrected chi connectivity index (χ4v) is 14.7. The van der Waals surface area contributed by atoms with Crippen LogP contribution in [0.1, 0.15) is 441 Å². The van der Waals surface area contributed by atoms with Crippen LogP contribution in [0.2, 0.25) is 0 Å². The maximum atomic E-state index is 13.1. The van der Waals surface area contributed by atoms with Crippen molar-refractivity contribution in [2.75, 3.05) is 39.6 Å². The number of carbonyl (C=O) groups excluding carboxylic acids is 4. The molecule has 0 amide bonds. The van der Waals surface area contributed by atoms with Crippen molar-refractivity contribution < 1.29 is 80.2 Å². The van der Waals surface area contributed by atoms with Gasteiger partial charge in [0.2, 0.25) is 0 Å². The second-order valence-electron chi connectivity index (χ2n) is 32.2. The second kappa shape index (κ2) is 73.8. The van der Waals surface area contributed by atoms with Crippen molar-refractivity contribution in [3.05, 3.63) is 0 Å². The summed E-state index contributed by atoms with van der Waals surface area (Å²) in [6.45, 7) is 14.3. The van der Waals surface area contributed by atoms with Crippen LogP contribution < -0.4 is 0 Å². The smallest absolute Gasteiger partial charge is 0.462 e. The Balaban J connectivity index is 5.21. The molecule has 3 N–H and O–H groups in total. The van der Waals surface area contributed by atoms with E-state index in [-0.39, 0.29) is 25.7 Å². The second-order valence-corrected chi connectivity index (χ2v) is 35.2. The van der Waals surface area contributed by atoms with Crippen LogP contribution in [0.4, 0.5) is 0 Å². The third-order valence-electron chi connectivity index (χ3n) is 20.2. The minimum Gasteiger partial charge on any atom is -0.462 e. The molecule has 0 heterocycles. The molecule has 104 heavy (non-hydrogen) atoms. The van der Waals surface area contributed by atoms with Gasteiger partial charge >= 0.3 is 39.5 Å². The molecule has 0 aromatic heterocycles. The van der Waals surface area contributed by atoms with Crippen LogP contribution in [0.5, 0.6) is 0 Å². The number of aliphatic hydroxyl groups is 1. The Morgan fingerprint density at radius 3 is 0.683 bits per heavy atom. The first-order valence-electron chi connectivity index (χ1n) is 43.7. The third kappa shape index (κ3) is 76.8. The highest BCUT2D eigenvalue weighted by Gasteiger charge is 2.30. The number of aliphatic hydroxyl groups excluding tert-OH is 1. The molecule has 0 spiro atoms. The van der Waals surface area contributed by atoms with Gasteiger partial charge in [-0.15, -0.1) is 0 Å². The first-order chi connectivity index (χ1) is 50.1. The summed E-state index contributed by atoms with van der Waals surface area (Å²) in [5.41, 5.74) is 0. The Morgan fingerprint density at radius 2 is 0.462 bits per heavy atom. The predicted octanol–water partition coefficient (Wildman–Crippen LogP) is 25.6. The molecule has 0 saturated heterocycles. The molecule has 0 aliphatic rings. The average molecular weight is 1520 g/mol. The lowest BCUT2D eigenvalue weighted by atomic mass is 9.99. The number of rotatable bonds is 82. The summed E-state index contributed by atoms with van der Waals surface area (Å²) in [5.74, 6) is 1.03. The molecular weight excluding hydrogens is 1350 g/mol. The standard InChI is InChI=1S/C85H166O17P2/c1-9-78(8)64-56-48-40-32-28-29-33-41-49-57-65-82(87)95-71-80(101-84(89)67-59-51-42-34-26-22-18-13-11-10-12-16-20-24-30-37-45-53-61-75(2)3)73-99-103(91,92)97-69-79(86)70-98-104(93,94)100-74-81(72-96-83(88)66-58-50-44-36-39-47-55-63-77(6)7)102-85(90)68-60-52-43-35-27-23-19-15-14-17-21-25-31-38-46-54-62-76(4)5/h75-81,86H,9-74H2,1-8H3,(H,91,92)(H,93,94)/t78?,79?,80-,81-/m1/s1. The number of unbranched alkanes of at least 4 members (excludes halogenated alkanes) is 47. The van der Waals surface area contributed by atoms with E-state index < -0.39 is 97.5 Å². The first-order valence-corrected chi connectivity index (χ1v) is 46.7. The van der Waals surface area contributed by atoms with E-state index in [1.165, 1.54) is 238 Å². The highest BCUT2D eigenvalue weighted by Crippen LogP contribution is 2.45. The minimum atomic E-state index is -4.97. The van der Waals surface area contributed by atoms with E-state index in [1.807, 2.05) is 0 Å². The fraction of sp³-hybridized carbons (Fsp3) is 0.953. The van der Waals surface area contributed by atoms with Gasteiger partial charge in [-0.2, -0.15) is 0 Å². The third-order valence-corrected chi connectivity index (χ3v) is 22.1. The van der Waals surface area contributed by atoms with Crippen molar-refractivity contribution in [3.8, 4) is 0 Å². The molecule has 17 nitrogen and oxygen atoms in total. The van der Waals surface area contributed by atoms with Gasteiger partial charge in [-0.3, -0.25) is 37.3 Å². The van der Waals surface area contributed by atoms with Crippen molar-refractivity contribution in [2.24, 2.45) is 23.7 Å². The summed E-state index contributed by atoms with van der Waals surface area (Å²) in [7, 11) is -9.93. The molecule has 0 aromatic rings. The molecule has 0 radical (unpaired) electrons. The lowest BCUT2D eigenvalue weighted by Gasteiger charge is -2.21. The van der Waals surface area contributed by atoms with E-state index in [0.29, 0.717) is 31.6 Å². The molecule has 0 aromatic carbocycles. The zero-order valence-corrected chi connectivity index (χ0v) is 70.5. The molecule has 0 bridgehead atoms. The van der Waals surface area contributed by atoms with Crippen LogP contribution in [0.25, 0.3) is 0 Å². The number of carbonyl (C=O) groups is 4. The predicted molar refractivity (Wildman–Crippen MR) is 428 cm³/mol. The lowest BCUT2D eigenvalue weighted by Crippen LogP contribution is -2.30. The largest absolute Gasteiger partial charge is 0.472 e. The summed E-state index contributed by atoms with van der Waals surface area (Å²) >= 11 is 0. The van der Waals surface area contributed by atoms with Gasteiger partial charge in [0, 0.05) is 25.7 Å². The van der Waals surface area contributed by atoms with Crippen LogP contribution in [-0.4, -0.2) is 96.7 Å². The summed E-state index contributed by atoms with van der Waals surface area (Å²) in [6, 6.07) is 0. The molecule has 0 fully saturated rings. The van der Waals surface area contributed by atoms with Crippen LogP contribution in [0.15, 0.2) is 0 Å². The quantitative estimate of drug-likeness (QED) is 0.0222. The summed E-state index contributed by atoms with van der Waals surface area (Å²) < 4.78 is 68.8. The number of hydrogen-bond acceptors (Lipinski definition) is 15. The van der Waals surface area contributed by atoms with Crippen molar-refractivity contribution in [3.63, 3.8) is 0 Å². The number of hydrogen-bond donors (Lipinski definition) is 3. The zero-order chi connectivity index (χ0) is 76.7. The van der Waals surface area contributed by atoms with Gasteiger partial charge in [0.05, 0.1) is 26.4 Å². The number of ether oxygens (including phenoxy) is 4. The zero-order valence-electron chi connectivity index (χ0n) is 68.7. The topological polar surface area (TPSA) is 237 Å². The lowest BCUT2D eigenvalue weighted by molar-refractivity contribution is -0.161. The molecule has 0 rings (SSSR count). The molecule has 19 heteroatoms. The monoisotopic (exact) mass is 1520 g/mol. The molecule has 618 valence electrons. The molecule has 6 atom stereocenters. The number of esters is 4. The maximum Gasteiger partial charge on any atom is 0.472 e. The van der Waals surface area contributed by atoms with Crippen LogP contribution in [0, 0.1) is 23.7 Å². The van der Waals surface area contributed by atoms with Gasteiger partial charge < -0.3 is 33.8 Å². The van der Waals surface area contributed by atoms with Gasteiger partial charge in [0.1, 0.15) is 19.3 Å². The van der Waals surface area contributed by atoms with E-state index >= 15 is 0 Å². The van der Waals surface area contributed by atoms with Crippen molar-refractivity contribution in [1.29, 1.82) is 0 Å². The highest BCUT2D eigenvalue weighted by molar-refractivity contribution is 7.47. The summed E-state index contributed by atoms with van der Waals surface area (Å²) in [4.78, 5) is 73.2. The van der Waals surface area contributed by atoms with Gasteiger partial charge in [-0.1, -0.05) is 389 Å². The Labute approximate surface area is 638 Å². The minimum absolute atomic E-state index is 0.107. The van der Waals surface area contributed by atoms with Gasteiger partial charge in [-0.25, -0.2) is 9.13 Å². The SMILES string of the molecule is CCC(C)CCCCCCCCCCCCC(=O)OC[C@H](COP(=O)(O)OCC(O)COP(=O)(O)OC[C@@H](COC(=O)CCCCCCCCCC(C)C)OC(=O)CCCCCCCCCCCCCCCCCCC(C)C)OC(=O)CCCCCCCCCCCCCCCCCCCCC(C)C. The van der Waals surface area contributed by atoms with Crippen molar-refractivity contribution in [1.82, 2.24) is 0 Å². The van der Waals surface area contributed by atoms with E-state index in [2.05, 4.69) is 55.4 Å². The first kappa shape index (κ1) is 102. The Kier molecular flexibility index (Phi) is 72.5. The molecular formula is C85H166O17P2. The van der Waals surface area contributed by atoms with Gasteiger partial charge in [0.15, 0.2) is 12.2 Å². The van der Waals surface area contributed by atoms with Gasteiger partial charge in [-0.05, 0) is 49.4 Å². The van der Waals surface area contributed by atoms with Crippen LogP contribution in [-0.2, 0) is 65.4 Å². The molecule has 0 aliphatic carbocycles. The molecule has 0 aliphatic heterocycles. The Hall–Kier alpha value is -1.94. The van der Waals surface area contributed by atoms with Crippen molar-refractivity contribution >= 4 is 39.5 Å². The highest BCUT2D eigenvalue weighted by atomic mass is 31.2. The van der Waals surface area contributed by atoms with Gasteiger partial charge in [0.25, 0.3) is 0 Å². The molecule has 4 unspecified atom stereocenters. The Bertz CT molecular complexity index is 2030. The fourth-order valence-electron chi connectivity index (χ4n) is 13.1. The van der Waals surface area contributed by atoms with Crippen molar-refractivity contribution in [2.45, 2.75) is 459 Å². The van der Waals surface area contributed by atoms with Crippen LogP contribution in [0.3, 0.4) is 0 Å². The maximum absolute atomic E-state index is 13.1. The van der Waals surface area contributed by atoms with E-state index in [1.54, 1.807) is 0 Å². The summed E-state index contributed by atoms with van der Waals surface area (Å²) in [5, 5.41) is 10.7. The average Bonchev–Trinajstić information content (AvgIpc) is 0.904. The van der Waals surface area contributed by atoms with E-state index in [4.69, 9.17) is 37.0 Å². The Morgan fingerprint density at radius 1 is 0.269 bits per heavy atom. The number of phosphoric acid groups is 2. The van der Waals surface area contributed by atoms with Crippen LogP contribution >= 0.6 is 15.6 Å². The van der Waals surface area contributed by atoms with E-state index in [9.17, 15) is 43.2 Å². The van der Waals surface area contributed by atoms with E-state index in [0.717, 1.165) is 114 Å². The number of phosphoric ester groups is 2. The summed E-state index contributed by atoms with van der Waals surface area (Å²) in [6.07, 6.45) is 62.5. The molecule has 0 saturated carbocycles. The normalized spacial score (nSPS) is 14.2.